The number of likely N-dealkylation sites (tertiary alicyclic amines) is 2. The van der Waals surface area contributed by atoms with Gasteiger partial charge in [0.05, 0.1) is 30.9 Å². The summed E-state index contributed by atoms with van der Waals surface area (Å²) in [6.07, 6.45) is 7.12. The van der Waals surface area contributed by atoms with Crippen LogP contribution in [0.2, 0.25) is 0 Å². The quantitative estimate of drug-likeness (QED) is 0.627. The van der Waals surface area contributed by atoms with E-state index in [1.54, 1.807) is 4.90 Å². The van der Waals surface area contributed by atoms with Gasteiger partial charge in [-0.3, -0.25) is 9.59 Å². The number of rotatable bonds is 7. The third-order valence-electron chi connectivity index (χ3n) is 7.27. The van der Waals surface area contributed by atoms with Crippen molar-refractivity contribution in [2.45, 2.75) is 77.5 Å². The predicted octanol–water partition coefficient (Wildman–Crippen LogP) is 1.60. The van der Waals surface area contributed by atoms with Crippen LogP contribution in [0.3, 0.4) is 0 Å². The summed E-state index contributed by atoms with van der Waals surface area (Å²) in [5.41, 5.74) is 0. The second kappa shape index (κ2) is 10.2. The molecule has 2 heterocycles. The van der Waals surface area contributed by atoms with Gasteiger partial charge in [0, 0.05) is 32.6 Å². The largest absolute Gasteiger partial charge is 0.376 e. The summed E-state index contributed by atoms with van der Waals surface area (Å²) in [6.45, 7) is 7.89. The molecule has 1 saturated carbocycles. The molecular weight excluding hydrogens is 418 g/mol. The van der Waals surface area contributed by atoms with E-state index in [2.05, 4.69) is 18.6 Å². The molecule has 3 fully saturated rings. The minimum Gasteiger partial charge on any atom is -0.376 e. The van der Waals surface area contributed by atoms with Gasteiger partial charge in [-0.05, 0) is 50.4 Å². The number of nitrogens with zero attached hydrogens (tertiary/aromatic N) is 2. The predicted molar refractivity (Wildman–Crippen MR) is 119 cm³/mol. The van der Waals surface area contributed by atoms with Crippen LogP contribution in [0, 0.1) is 17.8 Å². The normalized spacial score (nSPS) is 30.4. The summed E-state index contributed by atoms with van der Waals surface area (Å²) in [7, 11) is -3.39. The van der Waals surface area contributed by atoms with Crippen LogP contribution in [0.4, 0.5) is 0 Å². The van der Waals surface area contributed by atoms with Crippen LogP contribution in [0.1, 0.15) is 59.3 Å². The molecule has 0 radical (unpaired) electrons. The fourth-order valence-electron chi connectivity index (χ4n) is 5.23. The molecule has 0 unspecified atom stereocenters. The van der Waals surface area contributed by atoms with Gasteiger partial charge in [0.25, 0.3) is 0 Å². The Labute approximate surface area is 187 Å². The van der Waals surface area contributed by atoms with Crippen LogP contribution in [-0.4, -0.2) is 80.7 Å². The number of hydrogen-bond donors (Lipinski definition) is 1. The Morgan fingerprint density at radius 1 is 1.10 bits per heavy atom. The molecule has 0 spiro atoms. The van der Waals surface area contributed by atoms with Crippen molar-refractivity contribution >= 4 is 21.8 Å². The van der Waals surface area contributed by atoms with E-state index in [-0.39, 0.29) is 35.9 Å². The molecule has 2 amide bonds. The first-order chi connectivity index (χ1) is 14.5. The highest BCUT2D eigenvalue weighted by Crippen LogP contribution is 2.32. The average molecular weight is 458 g/mol. The van der Waals surface area contributed by atoms with E-state index in [0.717, 1.165) is 44.3 Å². The van der Waals surface area contributed by atoms with Crippen molar-refractivity contribution in [1.29, 1.82) is 0 Å². The zero-order valence-electron chi connectivity index (χ0n) is 19.4. The summed E-state index contributed by atoms with van der Waals surface area (Å²) < 4.78 is 32.9. The van der Waals surface area contributed by atoms with E-state index >= 15 is 0 Å². The minimum absolute atomic E-state index is 0.00890. The van der Waals surface area contributed by atoms with E-state index in [1.165, 1.54) is 6.92 Å². The molecule has 0 aromatic rings. The van der Waals surface area contributed by atoms with E-state index in [4.69, 9.17) is 4.74 Å². The molecule has 2 aliphatic heterocycles. The summed E-state index contributed by atoms with van der Waals surface area (Å²) in [5, 5.41) is 0. The van der Waals surface area contributed by atoms with E-state index in [1.807, 2.05) is 4.90 Å². The third-order valence-corrected chi connectivity index (χ3v) is 8.00. The molecule has 1 N–H and O–H groups in total. The van der Waals surface area contributed by atoms with E-state index in [0.29, 0.717) is 38.6 Å². The van der Waals surface area contributed by atoms with Crippen LogP contribution < -0.4 is 4.72 Å². The highest BCUT2D eigenvalue weighted by atomic mass is 32.2. The molecule has 0 aromatic carbocycles. The molecule has 8 nitrogen and oxygen atoms in total. The first-order valence-electron chi connectivity index (χ1n) is 11.7. The molecule has 0 bridgehead atoms. The van der Waals surface area contributed by atoms with Gasteiger partial charge in [0.1, 0.15) is 0 Å². The highest BCUT2D eigenvalue weighted by molar-refractivity contribution is 7.88. The fraction of sp³-hybridized carbons (Fsp3) is 0.909. The molecule has 1 aliphatic carbocycles. The van der Waals surface area contributed by atoms with Gasteiger partial charge in [-0.15, -0.1) is 0 Å². The van der Waals surface area contributed by atoms with Gasteiger partial charge < -0.3 is 14.5 Å². The number of carbonyl (C=O) groups is 2. The molecular formula is C22H39N3O5S. The number of nitrogens with one attached hydrogen (secondary N) is 1. The first-order valence-corrected chi connectivity index (χ1v) is 13.6. The molecule has 3 rings (SSSR count). The zero-order valence-corrected chi connectivity index (χ0v) is 20.2. The standard InChI is InChI=1S/C22H39N3O5S/c1-15(2)17-7-9-19(10-8-17)30-14-21-20(23-31(4,28)29)6-5-11-25(21)22(27)18-12-24(13-18)16(3)26/h15,17-21,23H,5-14H2,1-4H3/t17-,19+,20-,21-/m1/s1. The molecule has 0 aromatic heterocycles. The smallest absolute Gasteiger partial charge is 0.229 e. The molecule has 3 aliphatic rings. The Kier molecular flexibility index (Phi) is 8.02. The summed E-state index contributed by atoms with van der Waals surface area (Å²) in [5.74, 6) is 1.22. The number of piperidine rings is 1. The fourth-order valence-corrected chi connectivity index (χ4v) is 6.06. The van der Waals surface area contributed by atoms with Crippen LogP contribution in [0.25, 0.3) is 0 Å². The number of ether oxygens (including phenoxy) is 1. The monoisotopic (exact) mass is 457 g/mol. The lowest BCUT2D eigenvalue weighted by atomic mass is 9.80. The van der Waals surface area contributed by atoms with Crippen molar-refractivity contribution in [2.75, 3.05) is 32.5 Å². The maximum Gasteiger partial charge on any atom is 0.229 e. The second-order valence-electron chi connectivity index (χ2n) is 9.97. The average Bonchev–Trinajstić information content (AvgIpc) is 2.64. The van der Waals surface area contributed by atoms with E-state index < -0.39 is 10.0 Å². The Morgan fingerprint density at radius 2 is 1.74 bits per heavy atom. The minimum atomic E-state index is -3.39. The number of carbonyl (C=O) groups excluding carboxylic acids is 2. The van der Waals surface area contributed by atoms with Gasteiger partial charge in [-0.25, -0.2) is 13.1 Å². The first kappa shape index (κ1) is 24.5. The SMILES string of the molecule is CC(=O)N1CC(C(=O)N2CCC[C@@H](NS(C)(=O)=O)[C@H]2CO[C@H]2CC[C@@H](C(C)C)CC2)C1. The van der Waals surface area contributed by atoms with Crippen molar-refractivity contribution in [3.05, 3.63) is 0 Å². The number of hydrogen-bond acceptors (Lipinski definition) is 5. The van der Waals surface area contributed by atoms with Crippen LogP contribution in [0.15, 0.2) is 0 Å². The highest BCUT2D eigenvalue weighted by Gasteiger charge is 2.42. The number of amides is 2. The van der Waals surface area contributed by atoms with Gasteiger partial charge in [0.15, 0.2) is 0 Å². The Hall–Kier alpha value is -1.19. The van der Waals surface area contributed by atoms with Crippen molar-refractivity contribution in [1.82, 2.24) is 14.5 Å². The van der Waals surface area contributed by atoms with Gasteiger partial charge >= 0.3 is 0 Å². The van der Waals surface area contributed by atoms with Crippen LogP contribution in [-0.2, 0) is 24.3 Å². The molecule has 2 atom stereocenters. The van der Waals surface area contributed by atoms with Crippen LogP contribution >= 0.6 is 0 Å². The van der Waals surface area contributed by atoms with Gasteiger partial charge in [-0.1, -0.05) is 13.8 Å². The van der Waals surface area contributed by atoms with E-state index in [9.17, 15) is 18.0 Å². The maximum atomic E-state index is 13.2. The van der Waals surface area contributed by atoms with Crippen molar-refractivity contribution < 1.29 is 22.7 Å². The molecule has 31 heavy (non-hydrogen) atoms. The summed E-state index contributed by atoms with van der Waals surface area (Å²) in [6, 6.07) is -0.658. The molecule has 9 heteroatoms. The summed E-state index contributed by atoms with van der Waals surface area (Å²) in [4.78, 5) is 28.2. The maximum absolute atomic E-state index is 13.2. The molecule has 178 valence electrons. The van der Waals surface area contributed by atoms with Gasteiger partial charge in [-0.2, -0.15) is 0 Å². The van der Waals surface area contributed by atoms with Gasteiger partial charge in [0.2, 0.25) is 21.8 Å². The molecule has 2 saturated heterocycles. The number of sulfonamides is 1. The lowest BCUT2D eigenvalue weighted by Crippen LogP contribution is -2.63. The van der Waals surface area contributed by atoms with Crippen LogP contribution in [0.5, 0.6) is 0 Å². The third kappa shape index (κ3) is 6.42. The second-order valence-corrected chi connectivity index (χ2v) is 11.8. The lowest BCUT2D eigenvalue weighted by Gasteiger charge is -2.46. The Morgan fingerprint density at radius 3 is 2.29 bits per heavy atom. The van der Waals surface area contributed by atoms with Crippen molar-refractivity contribution in [2.24, 2.45) is 17.8 Å². The Balaban J connectivity index is 1.64. The summed E-state index contributed by atoms with van der Waals surface area (Å²) >= 11 is 0. The topological polar surface area (TPSA) is 96.0 Å². The van der Waals surface area contributed by atoms with Crippen molar-refractivity contribution in [3.8, 4) is 0 Å². The lowest BCUT2D eigenvalue weighted by molar-refractivity contribution is -0.152. The Bertz CT molecular complexity index is 742. The zero-order chi connectivity index (χ0) is 22.8. The van der Waals surface area contributed by atoms with Crippen molar-refractivity contribution in [3.63, 3.8) is 0 Å².